The second kappa shape index (κ2) is 10.2. The minimum absolute atomic E-state index is 0.420. The normalized spacial score (nSPS) is 11.1. The van der Waals surface area contributed by atoms with E-state index in [1.54, 1.807) is 28.7 Å². The quantitative estimate of drug-likeness (QED) is 0.205. The molecule has 0 saturated carbocycles. The summed E-state index contributed by atoms with van der Waals surface area (Å²) < 4.78 is 4.67. The zero-order valence-corrected chi connectivity index (χ0v) is 24.8. The minimum Gasteiger partial charge on any atom is -0.192 e. The summed E-state index contributed by atoms with van der Waals surface area (Å²) in [6, 6.07) is 45.7. The van der Waals surface area contributed by atoms with Gasteiger partial charge < -0.3 is 0 Å². The second-order valence-corrected chi connectivity index (χ2v) is 12.8. The van der Waals surface area contributed by atoms with Crippen molar-refractivity contribution in [3.8, 4) is 51.6 Å². The lowest BCUT2D eigenvalue weighted by Gasteiger charge is -2.16. The van der Waals surface area contributed by atoms with Crippen LogP contribution in [-0.2, 0) is 0 Å². The summed E-state index contributed by atoms with van der Waals surface area (Å²) in [6.07, 6.45) is 0. The SMILES string of the molecule is N#Cc1cc(C#N)cc(-c2cc(-c3cccc4c3sc3ccccc34)c(C#N)c(-c3cccc4sc5ccccc5c34)c2)c1. The smallest absolute Gasteiger partial charge is 0.100 e. The van der Waals surface area contributed by atoms with Crippen molar-refractivity contribution in [3.63, 3.8) is 0 Å². The van der Waals surface area contributed by atoms with E-state index in [-0.39, 0.29) is 0 Å². The lowest BCUT2D eigenvalue weighted by molar-refractivity contribution is 1.44. The van der Waals surface area contributed by atoms with Crippen molar-refractivity contribution in [2.75, 3.05) is 0 Å². The molecule has 2 heterocycles. The van der Waals surface area contributed by atoms with Gasteiger partial charge in [0.05, 0.1) is 28.8 Å². The Hall–Kier alpha value is -5.77. The Balaban J connectivity index is 1.51. The van der Waals surface area contributed by atoms with Crippen LogP contribution in [0.3, 0.4) is 0 Å². The molecule has 3 nitrogen and oxygen atoms in total. The average molecular weight is 594 g/mol. The number of rotatable bonds is 3. The molecule has 8 rings (SSSR count). The van der Waals surface area contributed by atoms with Crippen molar-refractivity contribution >= 4 is 63.0 Å². The number of nitriles is 3. The standard InChI is InChI=1S/C39H19N3S2/c40-20-23-15-24(21-41)17-25(16-23)26-18-32(28-9-6-14-37-38(28)31-8-2-4-13-36(31)43-37)34(22-42)33(19-26)30-11-5-10-29-27-7-1-3-12-35(27)44-39(29)30/h1-19H. The molecule has 0 amide bonds. The first-order valence-corrected chi connectivity index (χ1v) is 15.6. The Morgan fingerprint density at radius 1 is 0.432 bits per heavy atom. The monoisotopic (exact) mass is 593 g/mol. The number of hydrogen-bond donors (Lipinski definition) is 0. The van der Waals surface area contributed by atoms with Gasteiger partial charge in [0.25, 0.3) is 0 Å². The molecule has 0 aliphatic heterocycles. The largest absolute Gasteiger partial charge is 0.192 e. The first-order valence-electron chi connectivity index (χ1n) is 14.0. The Kier molecular flexibility index (Phi) is 6.00. The molecule has 0 saturated heterocycles. The predicted molar refractivity (Wildman–Crippen MR) is 183 cm³/mol. The van der Waals surface area contributed by atoms with Gasteiger partial charge in [-0.15, -0.1) is 22.7 Å². The molecule has 44 heavy (non-hydrogen) atoms. The fraction of sp³-hybridized carbons (Fsp3) is 0. The average Bonchev–Trinajstić information content (AvgIpc) is 3.66. The summed E-state index contributed by atoms with van der Waals surface area (Å²) in [6.45, 7) is 0. The molecule has 6 aromatic carbocycles. The van der Waals surface area contributed by atoms with E-state index in [1.165, 1.54) is 14.8 Å². The van der Waals surface area contributed by atoms with E-state index < -0.39 is 0 Å². The van der Waals surface area contributed by atoms with Crippen molar-refractivity contribution in [1.82, 2.24) is 0 Å². The number of nitrogens with zero attached hydrogens (tertiary/aromatic N) is 3. The highest BCUT2D eigenvalue weighted by atomic mass is 32.1. The first-order chi connectivity index (χ1) is 21.7. The van der Waals surface area contributed by atoms with Crippen molar-refractivity contribution in [3.05, 3.63) is 132 Å². The van der Waals surface area contributed by atoms with Crippen LogP contribution in [0.4, 0.5) is 0 Å². The molecule has 0 unspecified atom stereocenters. The van der Waals surface area contributed by atoms with Crippen molar-refractivity contribution < 1.29 is 0 Å². The molecule has 202 valence electrons. The highest BCUT2D eigenvalue weighted by Gasteiger charge is 2.21. The third kappa shape index (κ3) is 3.98. The maximum absolute atomic E-state index is 10.9. The van der Waals surface area contributed by atoms with E-state index in [9.17, 15) is 15.8 Å². The molecule has 0 N–H and O–H groups in total. The molecule has 8 aromatic rings. The summed E-state index contributed by atoms with van der Waals surface area (Å²) in [7, 11) is 0. The predicted octanol–water partition coefficient (Wildman–Crippen LogP) is 11.0. The molecule has 0 radical (unpaired) electrons. The van der Waals surface area contributed by atoms with Gasteiger partial charge >= 0.3 is 0 Å². The van der Waals surface area contributed by atoms with Crippen LogP contribution >= 0.6 is 22.7 Å². The maximum atomic E-state index is 10.9. The Labute approximate surface area is 261 Å². The van der Waals surface area contributed by atoms with Crippen LogP contribution in [0.15, 0.2) is 115 Å². The Morgan fingerprint density at radius 2 is 1.00 bits per heavy atom. The molecular weight excluding hydrogens is 575 g/mol. The lowest BCUT2D eigenvalue weighted by Crippen LogP contribution is -1.94. The Morgan fingerprint density at radius 3 is 1.73 bits per heavy atom. The number of benzene rings is 6. The number of thiophene rings is 2. The maximum Gasteiger partial charge on any atom is 0.100 e. The summed E-state index contributed by atoms with van der Waals surface area (Å²) in [5.74, 6) is 0. The molecular formula is C39H19N3S2. The van der Waals surface area contributed by atoms with Crippen molar-refractivity contribution in [1.29, 1.82) is 15.8 Å². The molecule has 0 fully saturated rings. The zero-order valence-electron chi connectivity index (χ0n) is 23.1. The van der Waals surface area contributed by atoms with Gasteiger partial charge in [-0.1, -0.05) is 66.7 Å². The van der Waals surface area contributed by atoms with Crippen LogP contribution in [0.25, 0.3) is 73.7 Å². The number of hydrogen-bond acceptors (Lipinski definition) is 5. The summed E-state index contributed by atoms with van der Waals surface area (Å²) >= 11 is 3.48. The van der Waals surface area contributed by atoms with Crippen molar-refractivity contribution in [2.45, 2.75) is 0 Å². The third-order valence-electron chi connectivity index (χ3n) is 8.16. The molecule has 0 aliphatic carbocycles. The van der Waals surface area contributed by atoms with Crippen LogP contribution in [0.2, 0.25) is 0 Å². The fourth-order valence-electron chi connectivity index (χ4n) is 6.24. The van der Waals surface area contributed by atoms with Crippen LogP contribution in [0, 0.1) is 34.0 Å². The first kappa shape index (κ1) is 25.9. The summed E-state index contributed by atoms with van der Waals surface area (Å²) in [5, 5.41) is 35.0. The van der Waals surface area contributed by atoms with Gasteiger partial charge in [-0.3, -0.25) is 0 Å². The van der Waals surface area contributed by atoms with Gasteiger partial charge in [-0.25, -0.2) is 0 Å². The third-order valence-corrected chi connectivity index (χ3v) is 10.5. The van der Waals surface area contributed by atoms with E-state index in [4.69, 9.17) is 0 Å². The molecule has 0 spiro atoms. The van der Waals surface area contributed by atoms with Crippen LogP contribution < -0.4 is 0 Å². The van der Waals surface area contributed by atoms with Crippen LogP contribution in [0.5, 0.6) is 0 Å². The van der Waals surface area contributed by atoms with E-state index in [0.29, 0.717) is 16.7 Å². The van der Waals surface area contributed by atoms with Gasteiger partial charge in [0.2, 0.25) is 0 Å². The van der Waals surface area contributed by atoms with Gasteiger partial charge in [-0.2, -0.15) is 15.8 Å². The van der Waals surface area contributed by atoms with E-state index in [1.807, 2.05) is 24.3 Å². The molecule has 0 bridgehead atoms. The van der Waals surface area contributed by atoms with Crippen LogP contribution in [-0.4, -0.2) is 0 Å². The van der Waals surface area contributed by atoms with Crippen LogP contribution in [0.1, 0.15) is 16.7 Å². The van der Waals surface area contributed by atoms with Gasteiger partial charge in [0.15, 0.2) is 0 Å². The summed E-state index contributed by atoms with van der Waals surface area (Å²) in [5.41, 5.74) is 6.67. The molecule has 5 heteroatoms. The van der Waals surface area contributed by atoms with E-state index >= 15 is 0 Å². The number of fused-ring (bicyclic) bond motifs is 6. The topological polar surface area (TPSA) is 71.4 Å². The van der Waals surface area contributed by atoms with E-state index in [2.05, 4.69) is 103 Å². The molecule has 0 aliphatic rings. The highest BCUT2D eigenvalue weighted by Crippen LogP contribution is 2.46. The van der Waals surface area contributed by atoms with Gasteiger partial charge in [0.1, 0.15) is 6.07 Å². The van der Waals surface area contributed by atoms with Gasteiger partial charge in [-0.05, 0) is 65.2 Å². The molecule has 2 aromatic heterocycles. The van der Waals surface area contributed by atoms with Crippen molar-refractivity contribution in [2.24, 2.45) is 0 Å². The fourth-order valence-corrected chi connectivity index (χ4v) is 8.60. The Bertz CT molecular complexity index is 2570. The van der Waals surface area contributed by atoms with E-state index in [0.717, 1.165) is 58.9 Å². The molecule has 0 atom stereocenters. The summed E-state index contributed by atoms with van der Waals surface area (Å²) in [4.78, 5) is 0. The minimum atomic E-state index is 0.420. The second-order valence-electron chi connectivity index (χ2n) is 10.6. The van der Waals surface area contributed by atoms with Gasteiger partial charge in [0, 0.05) is 57.0 Å². The lowest BCUT2D eigenvalue weighted by atomic mass is 9.86. The highest BCUT2D eigenvalue weighted by molar-refractivity contribution is 7.26. The zero-order chi connectivity index (χ0) is 29.8.